The van der Waals surface area contributed by atoms with E-state index in [0.717, 1.165) is 11.3 Å². The van der Waals surface area contributed by atoms with E-state index in [1.807, 2.05) is 0 Å². The van der Waals surface area contributed by atoms with Crippen molar-refractivity contribution < 1.29 is 19.5 Å². The molecular weight excluding hydrogens is 470 g/mol. The largest absolute Gasteiger partial charge is 0.503 e. The quantitative estimate of drug-likeness (QED) is 0.498. The minimum absolute atomic E-state index is 0.0683. The molecule has 0 spiro atoms. The second-order valence-corrected chi connectivity index (χ2v) is 9.96. The van der Waals surface area contributed by atoms with Crippen molar-refractivity contribution in [1.82, 2.24) is 9.97 Å². The molecule has 1 amide bonds. The molecule has 1 atom stereocenters. The fourth-order valence-electron chi connectivity index (χ4n) is 3.70. The number of aromatic nitrogens is 2. The first-order valence-electron chi connectivity index (χ1n) is 9.59. The van der Waals surface area contributed by atoms with Gasteiger partial charge in [0.25, 0.3) is 5.91 Å². The van der Waals surface area contributed by atoms with Gasteiger partial charge in [-0.2, -0.15) is 0 Å². The molecule has 0 saturated carbocycles. The van der Waals surface area contributed by atoms with Gasteiger partial charge in [-0.25, -0.2) is 9.97 Å². The number of amides is 1. The number of thiazole rings is 2. The van der Waals surface area contributed by atoms with Gasteiger partial charge >= 0.3 is 0 Å². The van der Waals surface area contributed by atoms with Crippen molar-refractivity contribution >= 4 is 56.9 Å². The zero-order valence-electron chi connectivity index (χ0n) is 17.6. The van der Waals surface area contributed by atoms with Crippen LogP contribution in [0.15, 0.2) is 35.6 Å². The van der Waals surface area contributed by atoms with Crippen LogP contribution in [-0.4, -0.2) is 32.5 Å². The topological polar surface area (TPSA) is 100 Å². The lowest BCUT2D eigenvalue weighted by molar-refractivity contribution is -0.117. The number of rotatable bonds is 5. The lowest BCUT2D eigenvalue weighted by atomic mass is 9.95. The summed E-state index contributed by atoms with van der Waals surface area (Å²) >= 11 is 8.44. The third kappa shape index (κ3) is 3.66. The van der Waals surface area contributed by atoms with Gasteiger partial charge in [-0.1, -0.05) is 35.1 Å². The molecule has 0 radical (unpaired) electrons. The van der Waals surface area contributed by atoms with Gasteiger partial charge in [0.15, 0.2) is 16.7 Å². The predicted molar refractivity (Wildman–Crippen MR) is 124 cm³/mol. The Morgan fingerprint density at radius 3 is 2.34 bits per heavy atom. The van der Waals surface area contributed by atoms with Crippen molar-refractivity contribution in [2.24, 2.45) is 0 Å². The third-order valence-electron chi connectivity index (χ3n) is 5.04. The van der Waals surface area contributed by atoms with Gasteiger partial charge in [0.1, 0.15) is 0 Å². The Labute approximate surface area is 197 Å². The lowest BCUT2D eigenvalue weighted by Gasteiger charge is -2.24. The zero-order valence-corrected chi connectivity index (χ0v) is 20.0. The van der Waals surface area contributed by atoms with Crippen LogP contribution in [0.5, 0.6) is 0 Å². The Morgan fingerprint density at radius 2 is 1.78 bits per heavy atom. The number of Topliss-reactive ketones (excluding diaryl/α,β-unsaturated/α-hetero) is 2. The molecule has 32 heavy (non-hydrogen) atoms. The summed E-state index contributed by atoms with van der Waals surface area (Å²) in [5, 5.41) is 12.2. The Balaban J connectivity index is 1.91. The minimum atomic E-state index is -0.958. The molecule has 1 aromatic carbocycles. The number of ketones is 2. The summed E-state index contributed by atoms with van der Waals surface area (Å²) in [7, 11) is 0. The highest BCUT2D eigenvalue weighted by atomic mass is 35.5. The molecule has 0 bridgehead atoms. The van der Waals surface area contributed by atoms with Gasteiger partial charge in [-0.15, -0.1) is 11.3 Å². The Kier molecular flexibility index (Phi) is 5.74. The number of hydrogen-bond acceptors (Lipinski definition) is 8. The SMILES string of the molecule is CC(=O)c1sc(N2C(=O)C(O)=C(C(=O)c3sc(C)nc3C)C2c2cccc(Cl)c2)nc1C. The van der Waals surface area contributed by atoms with Crippen LogP contribution >= 0.6 is 34.3 Å². The summed E-state index contributed by atoms with van der Waals surface area (Å²) in [5.74, 6) is -2.07. The normalized spacial score (nSPS) is 16.2. The van der Waals surface area contributed by atoms with Crippen LogP contribution in [0.2, 0.25) is 5.02 Å². The van der Waals surface area contributed by atoms with Crippen molar-refractivity contribution in [2.75, 3.05) is 4.90 Å². The first kappa shape index (κ1) is 22.3. The van der Waals surface area contributed by atoms with E-state index in [4.69, 9.17) is 11.6 Å². The average molecular weight is 488 g/mol. The Hall–Kier alpha value is -2.88. The molecule has 0 aliphatic carbocycles. The van der Waals surface area contributed by atoms with E-state index in [2.05, 4.69) is 9.97 Å². The number of carbonyl (C=O) groups is 3. The van der Waals surface area contributed by atoms with Crippen LogP contribution in [-0.2, 0) is 4.79 Å². The first-order chi connectivity index (χ1) is 15.1. The highest BCUT2D eigenvalue weighted by Crippen LogP contribution is 2.44. The molecule has 1 N–H and O–H groups in total. The van der Waals surface area contributed by atoms with E-state index in [1.54, 1.807) is 45.0 Å². The number of nitrogens with zero attached hydrogens (tertiary/aromatic N) is 3. The van der Waals surface area contributed by atoms with E-state index in [-0.39, 0.29) is 16.5 Å². The molecule has 4 rings (SSSR count). The monoisotopic (exact) mass is 487 g/mol. The molecule has 3 heterocycles. The van der Waals surface area contributed by atoms with E-state index in [1.165, 1.54) is 23.2 Å². The molecule has 7 nitrogen and oxygen atoms in total. The van der Waals surface area contributed by atoms with Crippen molar-refractivity contribution in [3.05, 3.63) is 72.3 Å². The Morgan fingerprint density at radius 1 is 1.09 bits per heavy atom. The predicted octanol–water partition coefficient (Wildman–Crippen LogP) is 5.16. The van der Waals surface area contributed by atoms with E-state index < -0.39 is 23.5 Å². The number of aliphatic hydroxyl groups is 1. The molecule has 1 aliphatic rings. The maximum Gasteiger partial charge on any atom is 0.296 e. The highest BCUT2D eigenvalue weighted by Gasteiger charge is 2.46. The summed E-state index contributed by atoms with van der Waals surface area (Å²) in [6, 6.07) is 5.78. The lowest BCUT2D eigenvalue weighted by Crippen LogP contribution is -2.31. The average Bonchev–Trinajstić information content (AvgIpc) is 3.35. The number of hydrogen-bond donors (Lipinski definition) is 1. The molecule has 0 saturated heterocycles. The van der Waals surface area contributed by atoms with E-state index in [9.17, 15) is 19.5 Å². The molecule has 164 valence electrons. The van der Waals surface area contributed by atoms with Crippen molar-refractivity contribution in [1.29, 1.82) is 0 Å². The second kappa shape index (κ2) is 8.23. The summed E-state index contributed by atoms with van der Waals surface area (Å²) in [4.78, 5) is 49.4. The summed E-state index contributed by atoms with van der Waals surface area (Å²) < 4.78 is 0. The van der Waals surface area contributed by atoms with Crippen molar-refractivity contribution in [3.8, 4) is 0 Å². The molecule has 1 aliphatic heterocycles. The molecule has 1 unspecified atom stereocenters. The van der Waals surface area contributed by atoms with Crippen molar-refractivity contribution in [2.45, 2.75) is 33.7 Å². The number of aliphatic hydroxyl groups excluding tert-OH is 1. The fraction of sp³-hybridized carbons (Fsp3) is 0.227. The van der Waals surface area contributed by atoms with Crippen LogP contribution in [0.1, 0.15) is 54.3 Å². The Bertz CT molecular complexity index is 1320. The molecule has 3 aromatic rings. The van der Waals surface area contributed by atoms with Gasteiger partial charge in [-0.05, 0) is 38.5 Å². The number of aryl methyl sites for hydroxylation is 3. The van der Waals surface area contributed by atoms with Gasteiger partial charge in [0, 0.05) is 11.9 Å². The van der Waals surface area contributed by atoms with Gasteiger partial charge in [0.05, 0.1) is 37.8 Å². The second-order valence-electron chi connectivity index (χ2n) is 7.34. The third-order valence-corrected chi connectivity index (χ3v) is 7.60. The number of carbonyl (C=O) groups excluding carboxylic acids is 3. The molecule has 0 fully saturated rings. The maximum absolute atomic E-state index is 13.5. The van der Waals surface area contributed by atoms with Gasteiger partial charge in [-0.3, -0.25) is 19.3 Å². The minimum Gasteiger partial charge on any atom is -0.503 e. The van der Waals surface area contributed by atoms with Gasteiger partial charge < -0.3 is 5.11 Å². The van der Waals surface area contributed by atoms with E-state index in [0.29, 0.717) is 36.7 Å². The van der Waals surface area contributed by atoms with Gasteiger partial charge in [0.2, 0.25) is 5.78 Å². The molecule has 10 heteroatoms. The number of benzene rings is 1. The molecular formula is C22H18ClN3O4S2. The van der Waals surface area contributed by atoms with Crippen LogP contribution in [0.3, 0.4) is 0 Å². The number of anilines is 1. The fourth-order valence-corrected chi connectivity index (χ4v) is 5.76. The smallest absolute Gasteiger partial charge is 0.296 e. The summed E-state index contributed by atoms with van der Waals surface area (Å²) in [6.07, 6.45) is 0. The van der Waals surface area contributed by atoms with E-state index >= 15 is 0 Å². The van der Waals surface area contributed by atoms with Crippen LogP contribution in [0, 0.1) is 20.8 Å². The van der Waals surface area contributed by atoms with Crippen molar-refractivity contribution in [3.63, 3.8) is 0 Å². The highest BCUT2D eigenvalue weighted by molar-refractivity contribution is 7.17. The summed E-state index contributed by atoms with van der Waals surface area (Å²) in [6.45, 7) is 6.59. The van der Waals surface area contributed by atoms with Crippen LogP contribution in [0.25, 0.3) is 0 Å². The first-order valence-corrected chi connectivity index (χ1v) is 11.6. The standard InChI is InChI=1S/C22H18ClN3O4S2/c1-9-19(11(3)27)32-22(25-9)26-16(13-6-5-7-14(23)8-13)15(18(29)21(26)30)17(28)20-10(2)24-12(4)31-20/h5-8,16,29H,1-4H3. The molecule has 2 aromatic heterocycles. The van der Waals surface area contributed by atoms with Crippen LogP contribution < -0.4 is 4.90 Å². The zero-order chi connectivity index (χ0) is 23.3. The van der Waals surface area contributed by atoms with Crippen LogP contribution in [0.4, 0.5) is 5.13 Å². The summed E-state index contributed by atoms with van der Waals surface area (Å²) in [5.41, 5.74) is 1.47. The number of halogens is 1. The maximum atomic E-state index is 13.5.